The van der Waals surface area contributed by atoms with Gasteiger partial charge in [-0.05, 0) is 31.7 Å². The smallest absolute Gasteiger partial charge is 0.307 e. The molecule has 6 heteroatoms. The van der Waals surface area contributed by atoms with E-state index in [0.29, 0.717) is 13.2 Å². The highest BCUT2D eigenvalue weighted by Crippen LogP contribution is 2.34. The molecule has 0 radical (unpaired) electrons. The van der Waals surface area contributed by atoms with E-state index in [1.165, 1.54) is 18.6 Å². The van der Waals surface area contributed by atoms with Crippen LogP contribution < -0.4 is 4.90 Å². The second-order valence-electron chi connectivity index (χ2n) is 6.12. The Morgan fingerprint density at radius 3 is 2.74 bits per heavy atom. The van der Waals surface area contributed by atoms with Crippen molar-refractivity contribution in [2.45, 2.75) is 44.6 Å². The third kappa shape index (κ3) is 3.75. The summed E-state index contributed by atoms with van der Waals surface area (Å²) in [6, 6.07) is 2.98. The molecule has 0 bridgehead atoms. The number of benzene rings is 1. The Morgan fingerprint density at radius 2 is 1.96 bits per heavy atom. The lowest BCUT2D eigenvalue weighted by atomic mass is 9.98. The lowest BCUT2D eigenvalue weighted by molar-refractivity contribution is -0.150. The average molecular weight is 318 g/mol. The number of nitrogens with zero attached hydrogens (tertiary/aromatic N) is 2. The normalized spacial score (nSPS) is 17.8. The molecule has 0 saturated heterocycles. The van der Waals surface area contributed by atoms with Gasteiger partial charge in [0.2, 0.25) is 0 Å². The van der Waals surface area contributed by atoms with Crippen molar-refractivity contribution in [1.29, 1.82) is 0 Å². The molecule has 0 amide bonds. The number of aliphatic imine (C=N–C) groups is 1. The fraction of sp³-hybridized carbons (Fsp3) is 0.529. The Labute approximate surface area is 135 Å². The van der Waals surface area contributed by atoms with Crippen molar-refractivity contribution in [3.05, 3.63) is 17.7 Å². The fourth-order valence-electron chi connectivity index (χ4n) is 3.12. The summed E-state index contributed by atoms with van der Waals surface area (Å²) < 4.78 is 5.52. The van der Waals surface area contributed by atoms with Gasteiger partial charge in [0.25, 0.3) is 0 Å². The van der Waals surface area contributed by atoms with E-state index in [1.807, 2.05) is 4.90 Å². The van der Waals surface area contributed by atoms with Crippen LogP contribution in [0.5, 0.6) is 11.5 Å². The first-order valence-electron chi connectivity index (χ1n) is 8.14. The molecule has 2 N–H and O–H groups in total. The molecule has 6 nitrogen and oxygen atoms in total. The third-order valence-corrected chi connectivity index (χ3v) is 4.38. The van der Waals surface area contributed by atoms with Gasteiger partial charge in [0.15, 0.2) is 11.5 Å². The van der Waals surface area contributed by atoms with Gasteiger partial charge in [0.1, 0.15) is 12.8 Å². The predicted octanol–water partition coefficient (Wildman–Crippen LogP) is 2.56. The first-order chi connectivity index (χ1) is 11.1. The lowest BCUT2D eigenvalue weighted by Gasteiger charge is -2.28. The van der Waals surface area contributed by atoms with Crippen LogP contribution in [0.4, 0.5) is 5.69 Å². The summed E-state index contributed by atoms with van der Waals surface area (Å²) in [4.78, 5) is 18.1. The van der Waals surface area contributed by atoms with Gasteiger partial charge in [0, 0.05) is 24.4 Å². The molecule has 1 fully saturated rings. The maximum absolute atomic E-state index is 12.0. The van der Waals surface area contributed by atoms with Crippen molar-refractivity contribution in [2.24, 2.45) is 4.99 Å². The summed E-state index contributed by atoms with van der Waals surface area (Å²) in [6.45, 7) is 0.897. The van der Waals surface area contributed by atoms with Crippen LogP contribution in [-0.2, 0) is 9.53 Å². The number of hydrogen-bond acceptors (Lipinski definition) is 6. The number of esters is 1. The SMILES string of the molecule is O=C(CCN1CN=Cc2cc(O)c(O)cc21)OC1CCCCC1. The minimum atomic E-state index is -0.184. The predicted molar refractivity (Wildman–Crippen MR) is 87.2 cm³/mol. The largest absolute Gasteiger partial charge is 0.504 e. The summed E-state index contributed by atoms with van der Waals surface area (Å²) >= 11 is 0. The third-order valence-electron chi connectivity index (χ3n) is 4.38. The van der Waals surface area contributed by atoms with Gasteiger partial charge < -0.3 is 19.8 Å². The van der Waals surface area contributed by atoms with E-state index in [0.717, 1.165) is 36.9 Å². The van der Waals surface area contributed by atoms with Crippen molar-refractivity contribution in [3.8, 4) is 11.5 Å². The molecule has 0 spiro atoms. The van der Waals surface area contributed by atoms with Gasteiger partial charge in [-0.3, -0.25) is 9.79 Å². The van der Waals surface area contributed by atoms with E-state index in [2.05, 4.69) is 4.99 Å². The van der Waals surface area contributed by atoms with Gasteiger partial charge in [-0.15, -0.1) is 0 Å². The molecule has 0 aromatic heterocycles. The molecule has 0 unspecified atom stereocenters. The number of phenolic OH excluding ortho intramolecular Hbond substituents is 2. The maximum Gasteiger partial charge on any atom is 0.307 e. The van der Waals surface area contributed by atoms with Crippen LogP contribution in [0, 0.1) is 0 Å². The molecule has 2 aliphatic rings. The molecule has 1 aromatic rings. The van der Waals surface area contributed by atoms with Crippen molar-refractivity contribution < 1.29 is 19.7 Å². The highest BCUT2D eigenvalue weighted by atomic mass is 16.5. The van der Waals surface area contributed by atoms with E-state index < -0.39 is 0 Å². The second kappa shape index (κ2) is 6.89. The van der Waals surface area contributed by atoms with Gasteiger partial charge >= 0.3 is 5.97 Å². The van der Waals surface area contributed by atoms with Gasteiger partial charge in [-0.1, -0.05) is 6.42 Å². The van der Waals surface area contributed by atoms with Gasteiger partial charge in [0.05, 0.1) is 12.1 Å². The standard InChI is InChI=1S/C17H22N2O4/c20-15-8-12-10-18-11-19(14(12)9-16(15)21)7-6-17(22)23-13-4-2-1-3-5-13/h8-10,13,20-21H,1-7,11H2. The lowest BCUT2D eigenvalue weighted by Crippen LogP contribution is -2.31. The molecule has 1 saturated carbocycles. The van der Waals surface area contributed by atoms with Crippen LogP contribution in [-0.4, -0.2) is 41.7 Å². The Kier molecular flexibility index (Phi) is 4.69. The van der Waals surface area contributed by atoms with Crippen molar-refractivity contribution >= 4 is 17.9 Å². The Balaban J connectivity index is 1.58. The quantitative estimate of drug-likeness (QED) is 0.658. The van der Waals surface area contributed by atoms with E-state index in [1.54, 1.807) is 6.21 Å². The molecule has 3 rings (SSSR count). The number of ether oxygens (including phenoxy) is 1. The minimum Gasteiger partial charge on any atom is -0.504 e. The van der Waals surface area contributed by atoms with Crippen LogP contribution in [0.2, 0.25) is 0 Å². The minimum absolute atomic E-state index is 0.0731. The summed E-state index contributed by atoms with van der Waals surface area (Å²) in [5.74, 6) is -0.529. The molecule has 1 heterocycles. The zero-order chi connectivity index (χ0) is 16.2. The molecule has 0 atom stereocenters. The Morgan fingerprint density at radius 1 is 1.22 bits per heavy atom. The number of phenols is 2. The number of aromatic hydroxyl groups is 2. The van der Waals surface area contributed by atoms with Gasteiger partial charge in [-0.25, -0.2) is 0 Å². The summed E-state index contributed by atoms with van der Waals surface area (Å²) in [5, 5.41) is 19.2. The van der Waals surface area contributed by atoms with Crippen molar-refractivity contribution in [2.75, 3.05) is 18.1 Å². The molecular formula is C17H22N2O4. The summed E-state index contributed by atoms with van der Waals surface area (Å²) in [5.41, 5.74) is 1.49. The zero-order valence-corrected chi connectivity index (χ0v) is 13.1. The first-order valence-corrected chi connectivity index (χ1v) is 8.14. The topological polar surface area (TPSA) is 82.4 Å². The molecule has 1 aromatic carbocycles. The Bertz CT molecular complexity index is 609. The van der Waals surface area contributed by atoms with Gasteiger partial charge in [-0.2, -0.15) is 0 Å². The number of anilines is 1. The van der Waals surface area contributed by atoms with Crippen molar-refractivity contribution in [1.82, 2.24) is 0 Å². The first kappa shape index (κ1) is 15.6. The Hall–Kier alpha value is -2.24. The molecule has 23 heavy (non-hydrogen) atoms. The van der Waals surface area contributed by atoms with Crippen molar-refractivity contribution in [3.63, 3.8) is 0 Å². The number of carbonyl (C=O) groups excluding carboxylic acids is 1. The maximum atomic E-state index is 12.0. The van der Waals surface area contributed by atoms with E-state index in [9.17, 15) is 15.0 Å². The number of rotatable bonds is 4. The van der Waals surface area contributed by atoms with Crippen LogP contribution in [0.15, 0.2) is 17.1 Å². The molecule has 1 aliphatic heterocycles. The fourth-order valence-corrected chi connectivity index (χ4v) is 3.12. The van der Waals surface area contributed by atoms with E-state index >= 15 is 0 Å². The highest BCUT2D eigenvalue weighted by Gasteiger charge is 2.20. The number of hydrogen-bond donors (Lipinski definition) is 2. The average Bonchev–Trinajstić information content (AvgIpc) is 2.55. The second-order valence-corrected chi connectivity index (χ2v) is 6.12. The highest BCUT2D eigenvalue weighted by molar-refractivity contribution is 5.91. The van der Waals surface area contributed by atoms with Crippen LogP contribution in [0.1, 0.15) is 44.1 Å². The summed E-state index contributed by atoms with van der Waals surface area (Å²) in [7, 11) is 0. The number of carbonyl (C=O) groups is 1. The van der Waals surface area contributed by atoms with E-state index in [4.69, 9.17) is 4.74 Å². The molecular weight excluding hydrogens is 296 g/mol. The monoisotopic (exact) mass is 318 g/mol. The molecule has 124 valence electrons. The van der Waals surface area contributed by atoms with Crippen LogP contribution >= 0.6 is 0 Å². The van der Waals surface area contributed by atoms with E-state index in [-0.39, 0.29) is 30.0 Å². The number of fused-ring (bicyclic) bond motifs is 1. The summed E-state index contributed by atoms with van der Waals surface area (Å²) in [6.07, 6.45) is 7.45. The van der Waals surface area contributed by atoms with Crippen LogP contribution in [0.25, 0.3) is 0 Å². The van der Waals surface area contributed by atoms with Crippen LogP contribution in [0.3, 0.4) is 0 Å². The molecule has 1 aliphatic carbocycles. The zero-order valence-electron chi connectivity index (χ0n) is 13.1.